The first-order valence-corrected chi connectivity index (χ1v) is 9.92. The molecule has 0 saturated carbocycles. The Labute approximate surface area is 153 Å². The predicted molar refractivity (Wildman–Crippen MR) is 97.4 cm³/mol. The van der Waals surface area contributed by atoms with E-state index < -0.39 is 14.9 Å². The molecule has 2 rings (SSSR count). The number of piperidine rings is 1. The molecule has 1 heterocycles. The minimum absolute atomic E-state index is 0.0780. The van der Waals surface area contributed by atoms with Crippen LogP contribution in [0.3, 0.4) is 0 Å². The van der Waals surface area contributed by atoms with Gasteiger partial charge in [-0.05, 0) is 30.9 Å². The number of carbonyl (C=O) groups excluding carboxylic acids is 1. The van der Waals surface area contributed by atoms with Crippen molar-refractivity contribution in [2.45, 2.75) is 31.6 Å². The summed E-state index contributed by atoms with van der Waals surface area (Å²) < 4.78 is 27.0. The molecule has 1 atom stereocenters. The maximum Gasteiger partial charge on any atom is 0.293 e. The lowest BCUT2D eigenvalue weighted by Crippen LogP contribution is -2.39. The zero-order chi connectivity index (χ0) is 19.3. The fourth-order valence-electron chi connectivity index (χ4n) is 2.92. The van der Waals surface area contributed by atoms with Crippen LogP contribution in [0.4, 0.5) is 11.4 Å². The first-order valence-electron chi connectivity index (χ1n) is 8.48. The quantitative estimate of drug-likeness (QED) is 0.418. The molecule has 0 bridgehead atoms. The topological polar surface area (TPSA) is 122 Å². The van der Waals surface area contributed by atoms with Crippen LogP contribution >= 0.6 is 0 Å². The first-order chi connectivity index (χ1) is 12.2. The van der Waals surface area contributed by atoms with Gasteiger partial charge in [0.1, 0.15) is 5.69 Å². The summed E-state index contributed by atoms with van der Waals surface area (Å²) in [7, 11) is -3.76. The van der Waals surface area contributed by atoms with E-state index in [0.717, 1.165) is 18.9 Å². The molecule has 1 aliphatic heterocycles. The van der Waals surface area contributed by atoms with Crippen LogP contribution in [0.5, 0.6) is 0 Å². The van der Waals surface area contributed by atoms with Gasteiger partial charge in [0.05, 0.1) is 9.82 Å². The summed E-state index contributed by atoms with van der Waals surface area (Å²) >= 11 is 0. The molecule has 1 aromatic carbocycles. The van der Waals surface area contributed by atoms with Gasteiger partial charge in [0.15, 0.2) is 0 Å². The zero-order valence-electron chi connectivity index (χ0n) is 14.9. The number of sulfonamides is 1. The van der Waals surface area contributed by atoms with Gasteiger partial charge >= 0.3 is 0 Å². The second kappa shape index (κ2) is 8.45. The Morgan fingerprint density at radius 2 is 2.12 bits per heavy atom. The van der Waals surface area contributed by atoms with E-state index >= 15 is 0 Å². The lowest BCUT2D eigenvalue weighted by atomic mass is 10.0. The molecular formula is C16H24N4O5S. The number of benzene rings is 1. The Kier molecular flexibility index (Phi) is 6.54. The first kappa shape index (κ1) is 20.1. The van der Waals surface area contributed by atoms with E-state index in [0.29, 0.717) is 19.6 Å². The number of carbonyl (C=O) groups is 1. The van der Waals surface area contributed by atoms with Crippen LogP contribution in [0, 0.1) is 16.0 Å². The number of nitro benzene ring substituents is 1. The van der Waals surface area contributed by atoms with Crippen molar-refractivity contribution < 1.29 is 18.1 Å². The molecule has 2 N–H and O–H groups in total. The molecule has 144 valence electrons. The van der Waals surface area contributed by atoms with Crippen LogP contribution in [0.15, 0.2) is 23.1 Å². The van der Waals surface area contributed by atoms with Gasteiger partial charge in [-0.2, -0.15) is 4.31 Å². The van der Waals surface area contributed by atoms with Gasteiger partial charge < -0.3 is 10.6 Å². The summed E-state index contributed by atoms with van der Waals surface area (Å²) in [5.74, 6) is 0.0710. The van der Waals surface area contributed by atoms with Gasteiger partial charge in [-0.15, -0.1) is 0 Å². The lowest BCUT2D eigenvalue weighted by molar-refractivity contribution is -0.384. The van der Waals surface area contributed by atoms with Crippen LogP contribution in [0.2, 0.25) is 0 Å². The molecule has 0 radical (unpaired) electrons. The molecule has 0 aliphatic carbocycles. The molecule has 26 heavy (non-hydrogen) atoms. The number of rotatable bonds is 7. The van der Waals surface area contributed by atoms with Crippen molar-refractivity contribution in [3.63, 3.8) is 0 Å². The van der Waals surface area contributed by atoms with E-state index in [9.17, 15) is 23.3 Å². The monoisotopic (exact) mass is 384 g/mol. The number of nitrogens with zero attached hydrogens (tertiary/aromatic N) is 2. The maximum atomic E-state index is 12.8. The Hall–Kier alpha value is -2.20. The van der Waals surface area contributed by atoms with Gasteiger partial charge in [-0.25, -0.2) is 8.42 Å². The van der Waals surface area contributed by atoms with Crippen LogP contribution in [-0.2, 0) is 14.8 Å². The van der Waals surface area contributed by atoms with Crippen LogP contribution in [0.1, 0.15) is 26.7 Å². The molecule has 0 aromatic heterocycles. The van der Waals surface area contributed by atoms with E-state index in [2.05, 4.69) is 10.6 Å². The van der Waals surface area contributed by atoms with Crippen molar-refractivity contribution in [2.24, 2.45) is 5.92 Å². The van der Waals surface area contributed by atoms with Crippen molar-refractivity contribution in [3.05, 3.63) is 28.3 Å². The average molecular weight is 384 g/mol. The highest BCUT2D eigenvalue weighted by atomic mass is 32.2. The third-order valence-corrected chi connectivity index (χ3v) is 6.10. The average Bonchev–Trinajstić information content (AvgIpc) is 2.58. The minimum atomic E-state index is -3.76. The highest BCUT2D eigenvalue weighted by Crippen LogP contribution is 2.30. The number of anilines is 1. The number of hydrogen-bond donors (Lipinski definition) is 2. The minimum Gasteiger partial charge on any atom is -0.378 e. The summed E-state index contributed by atoms with van der Waals surface area (Å²) in [4.78, 5) is 21.5. The molecule has 0 spiro atoms. The number of nitrogens with one attached hydrogen (secondary N) is 2. The molecule has 1 aromatic rings. The number of nitro groups is 1. The van der Waals surface area contributed by atoms with Crippen molar-refractivity contribution in [3.8, 4) is 0 Å². The number of hydrogen-bond acceptors (Lipinski definition) is 6. The van der Waals surface area contributed by atoms with Crippen LogP contribution < -0.4 is 10.6 Å². The third kappa shape index (κ3) is 4.92. The van der Waals surface area contributed by atoms with Crippen molar-refractivity contribution in [1.82, 2.24) is 9.62 Å². The van der Waals surface area contributed by atoms with E-state index in [1.54, 1.807) is 0 Å². The molecule has 1 amide bonds. The zero-order valence-corrected chi connectivity index (χ0v) is 15.7. The molecule has 1 unspecified atom stereocenters. The molecule has 1 aliphatic rings. The van der Waals surface area contributed by atoms with E-state index in [1.165, 1.54) is 23.4 Å². The Balaban J connectivity index is 2.21. The Morgan fingerprint density at radius 1 is 1.38 bits per heavy atom. The molecule has 1 saturated heterocycles. The van der Waals surface area contributed by atoms with Crippen molar-refractivity contribution in [2.75, 3.05) is 31.5 Å². The van der Waals surface area contributed by atoms with Crippen LogP contribution in [-0.4, -0.2) is 49.7 Å². The SMILES string of the molecule is CC(=O)NCCNc1ccc(S(=O)(=O)N2CCCC(C)C2)cc1[N+](=O)[O-]. The largest absolute Gasteiger partial charge is 0.378 e. The molecule has 9 nitrogen and oxygen atoms in total. The number of amides is 1. The smallest absolute Gasteiger partial charge is 0.293 e. The van der Waals surface area contributed by atoms with Gasteiger partial charge in [-0.3, -0.25) is 14.9 Å². The highest BCUT2D eigenvalue weighted by Gasteiger charge is 2.30. The molecule has 10 heteroatoms. The predicted octanol–water partition coefficient (Wildman–Crippen LogP) is 1.56. The van der Waals surface area contributed by atoms with Crippen molar-refractivity contribution in [1.29, 1.82) is 0 Å². The lowest BCUT2D eigenvalue weighted by Gasteiger charge is -2.30. The normalized spacial score (nSPS) is 18.3. The van der Waals surface area contributed by atoms with Crippen molar-refractivity contribution >= 4 is 27.3 Å². The maximum absolute atomic E-state index is 12.8. The van der Waals surface area contributed by atoms with E-state index in [-0.39, 0.29) is 34.6 Å². The standard InChI is InChI=1S/C16H24N4O5S/c1-12-4-3-9-19(11-12)26(24,25)14-5-6-15(16(10-14)20(22)23)18-8-7-17-13(2)21/h5-6,10,12,18H,3-4,7-9,11H2,1-2H3,(H,17,21). The van der Waals surface area contributed by atoms with Gasteiger partial charge in [0, 0.05) is 39.2 Å². The second-order valence-electron chi connectivity index (χ2n) is 6.46. The highest BCUT2D eigenvalue weighted by molar-refractivity contribution is 7.89. The fourth-order valence-corrected chi connectivity index (χ4v) is 4.54. The van der Waals surface area contributed by atoms with Gasteiger partial charge in [0.2, 0.25) is 15.9 Å². The second-order valence-corrected chi connectivity index (χ2v) is 8.39. The summed E-state index contributed by atoms with van der Waals surface area (Å²) in [6.45, 7) is 4.81. The van der Waals surface area contributed by atoms with Crippen LogP contribution in [0.25, 0.3) is 0 Å². The summed E-state index contributed by atoms with van der Waals surface area (Å²) in [6.07, 6.45) is 1.76. The third-order valence-electron chi connectivity index (χ3n) is 4.24. The van der Waals surface area contributed by atoms with E-state index in [1.807, 2.05) is 6.92 Å². The fraction of sp³-hybridized carbons (Fsp3) is 0.562. The summed E-state index contributed by atoms with van der Waals surface area (Å²) in [5.41, 5.74) is -0.0923. The summed E-state index contributed by atoms with van der Waals surface area (Å²) in [5, 5.41) is 16.8. The van der Waals surface area contributed by atoms with Gasteiger partial charge in [0.25, 0.3) is 5.69 Å². The molecular weight excluding hydrogens is 360 g/mol. The van der Waals surface area contributed by atoms with Gasteiger partial charge in [-0.1, -0.05) is 6.92 Å². The Bertz CT molecular complexity index is 781. The molecule has 1 fully saturated rings. The Morgan fingerprint density at radius 3 is 2.73 bits per heavy atom. The summed E-state index contributed by atoms with van der Waals surface area (Å²) in [6, 6.07) is 3.86. The van der Waals surface area contributed by atoms with E-state index in [4.69, 9.17) is 0 Å².